The van der Waals surface area contributed by atoms with Gasteiger partial charge in [-0.1, -0.05) is 87.8 Å². The third kappa shape index (κ3) is 9.58. The maximum Gasteiger partial charge on any atom is 0.160 e. The molecule has 0 aromatic heterocycles. The number of hydrogen-bond acceptors (Lipinski definition) is 6. The van der Waals surface area contributed by atoms with E-state index < -0.39 is 0 Å². The molecule has 6 nitrogen and oxygen atoms in total. The van der Waals surface area contributed by atoms with Gasteiger partial charge in [-0.2, -0.15) is 0 Å². The van der Waals surface area contributed by atoms with Gasteiger partial charge in [-0.05, 0) is 85.8 Å². The highest BCUT2D eigenvalue weighted by Crippen LogP contribution is 2.35. The summed E-state index contributed by atoms with van der Waals surface area (Å²) < 4.78 is 0. The molecule has 0 heterocycles. The fourth-order valence-electron chi connectivity index (χ4n) is 5.30. The van der Waals surface area contributed by atoms with Gasteiger partial charge < -0.3 is 30.6 Å². The Morgan fingerprint density at radius 3 is 0.900 bits per heavy atom. The van der Waals surface area contributed by atoms with Crippen LogP contribution < -0.4 is 0 Å². The maximum atomic E-state index is 10.5. The van der Waals surface area contributed by atoms with Crippen molar-refractivity contribution in [1.29, 1.82) is 0 Å². The summed E-state index contributed by atoms with van der Waals surface area (Å²) in [6, 6.07) is 14.1. The predicted molar refractivity (Wildman–Crippen MR) is 160 cm³/mol. The highest BCUT2D eigenvalue weighted by Gasteiger charge is 2.12. The van der Waals surface area contributed by atoms with Crippen molar-refractivity contribution in [1.82, 2.24) is 0 Å². The largest absolute Gasteiger partial charge is 0.504 e. The van der Waals surface area contributed by atoms with E-state index in [1.807, 2.05) is 24.3 Å². The molecule has 218 valence electrons. The molecular formula is C34H46O6. The van der Waals surface area contributed by atoms with Crippen LogP contribution in [0.3, 0.4) is 0 Å². The van der Waals surface area contributed by atoms with Crippen LogP contribution in [0.25, 0.3) is 0 Å². The van der Waals surface area contributed by atoms with Gasteiger partial charge in [0.25, 0.3) is 0 Å². The Morgan fingerprint density at radius 1 is 0.300 bits per heavy atom. The summed E-state index contributed by atoms with van der Waals surface area (Å²) in [6.07, 6.45) is 15.6. The van der Waals surface area contributed by atoms with E-state index in [9.17, 15) is 30.6 Å². The average molecular weight is 551 g/mol. The topological polar surface area (TPSA) is 121 Å². The minimum absolute atomic E-state index is 0.00600. The molecule has 40 heavy (non-hydrogen) atoms. The number of phenolic OH excluding ortho intramolecular Hbond substituents is 6. The lowest BCUT2D eigenvalue weighted by Gasteiger charge is -2.11. The minimum atomic E-state index is -0.0618. The first-order chi connectivity index (χ1) is 19.4. The van der Waals surface area contributed by atoms with Crippen molar-refractivity contribution in [3.63, 3.8) is 0 Å². The predicted octanol–water partition coefficient (Wildman–Crippen LogP) is 8.17. The number of benzene rings is 3. The summed E-state index contributed by atoms with van der Waals surface area (Å²) in [5, 5.41) is 59.9. The lowest BCUT2D eigenvalue weighted by Crippen LogP contribution is -1.93. The second-order valence-corrected chi connectivity index (χ2v) is 10.9. The van der Waals surface area contributed by atoms with Crippen molar-refractivity contribution in [2.75, 3.05) is 0 Å². The molecule has 0 amide bonds. The second-order valence-electron chi connectivity index (χ2n) is 10.9. The minimum Gasteiger partial charge on any atom is -0.504 e. The van der Waals surface area contributed by atoms with Crippen LogP contribution in [0.1, 0.15) is 99.3 Å². The first-order valence-electron chi connectivity index (χ1n) is 14.9. The molecule has 0 aliphatic rings. The monoisotopic (exact) mass is 550 g/mol. The van der Waals surface area contributed by atoms with E-state index in [-0.39, 0.29) is 34.5 Å². The summed E-state index contributed by atoms with van der Waals surface area (Å²) in [5.74, 6) is -0.0825. The molecule has 6 heteroatoms. The average Bonchev–Trinajstić information content (AvgIpc) is 2.94. The number of para-hydroxylation sites is 2. The molecule has 0 aliphatic carbocycles. The van der Waals surface area contributed by atoms with Crippen molar-refractivity contribution in [2.24, 2.45) is 0 Å². The van der Waals surface area contributed by atoms with Gasteiger partial charge in [-0.15, -0.1) is 0 Å². The number of aromatic hydroxyl groups is 6. The summed E-state index contributed by atoms with van der Waals surface area (Å²) >= 11 is 0. The third-order valence-electron chi connectivity index (χ3n) is 7.80. The molecule has 0 atom stereocenters. The Hall–Kier alpha value is -3.54. The highest BCUT2D eigenvalue weighted by atomic mass is 16.3. The smallest absolute Gasteiger partial charge is 0.160 e. The van der Waals surface area contributed by atoms with Crippen LogP contribution in [0.4, 0.5) is 0 Å². The van der Waals surface area contributed by atoms with E-state index in [0.717, 1.165) is 125 Å². The highest BCUT2D eigenvalue weighted by molar-refractivity contribution is 5.50. The first kappa shape index (κ1) is 31.0. The van der Waals surface area contributed by atoms with Crippen LogP contribution in [0.15, 0.2) is 48.5 Å². The Bertz CT molecular complexity index is 1100. The zero-order valence-electron chi connectivity index (χ0n) is 23.6. The molecule has 0 bridgehead atoms. The number of unbranched alkanes of at least 4 members (excludes halogenated alkanes) is 10. The van der Waals surface area contributed by atoms with E-state index in [1.54, 1.807) is 12.1 Å². The Balaban J connectivity index is 1.23. The quantitative estimate of drug-likeness (QED) is 0.0702. The van der Waals surface area contributed by atoms with Gasteiger partial charge in [0.05, 0.1) is 0 Å². The molecule has 0 spiro atoms. The van der Waals surface area contributed by atoms with Gasteiger partial charge in [0.1, 0.15) is 0 Å². The fourth-order valence-corrected chi connectivity index (χ4v) is 5.30. The molecule has 0 saturated heterocycles. The van der Waals surface area contributed by atoms with Crippen LogP contribution in [0.2, 0.25) is 0 Å². The lowest BCUT2D eigenvalue weighted by molar-refractivity contribution is 0.393. The molecule has 3 aromatic carbocycles. The van der Waals surface area contributed by atoms with Crippen LogP contribution in [0.5, 0.6) is 34.5 Å². The molecule has 3 aromatic rings. The molecule has 0 saturated carbocycles. The van der Waals surface area contributed by atoms with E-state index >= 15 is 0 Å². The van der Waals surface area contributed by atoms with Crippen molar-refractivity contribution < 1.29 is 30.6 Å². The van der Waals surface area contributed by atoms with E-state index in [0.29, 0.717) is 0 Å². The Morgan fingerprint density at radius 2 is 0.575 bits per heavy atom. The normalized spacial score (nSPS) is 11.2. The number of aryl methyl sites for hydroxylation is 4. The Kier molecular flexibility index (Phi) is 12.8. The third-order valence-corrected chi connectivity index (χ3v) is 7.80. The van der Waals surface area contributed by atoms with Gasteiger partial charge in [0, 0.05) is 0 Å². The Labute approximate surface area is 238 Å². The van der Waals surface area contributed by atoms with Crippen molar-refractivity contribution in [3.8, 4) is 34.5 Å². The van der Waals surface area contributed by atoms with Crippen LogP contribution in [-0.4, -0.2) is 30.6 Å². The molecule has 0 radical (unpaired) electrons. The molecule has 0 aliphatic heterocycles. The van der Waals surface area contributed by atoms with E-state index in [1.165, 1.54) is 12.1 Å². The first-order valence-corrected chi connectivity index (χ1v) is 14.9. The van der Waals surface area contributed by atoms with Gasteiger partial charge in [0.2, 0.25) is 0 Å². The van der Waals surface area contributed by atoms with Crippen molar-refractivity contribution in [3.05, 3.63) is 70.8 Å². The summed E-state index contributed by atoms with van der Waals surface area (Å²) in [6.45, 7) is 0. The van der Waals surface area contributed by atoms with Gasteiger partial charge in [-0.25, -0.2) is 0 Å². The van der Waals surface area contributed by atoms with Gasteiger partial charge >= 0.3 is 0 Å². The fraction of sp³-hybridized carbons (Fsp3) is 0.471. The number of phenols is 6. The number of hydrogen-bond donors (Lipinski definition) is 6. The maximum absolute atomic E-state index is 10.5. The molecule has 6 N–H and O–H groups in total. The summed E-state index contributed by atoms with van der Waals surface area (Å²) in [7, 11) is 0. The van der Waals surface area contributed by atoms with E-state index in [2.05, 4.69) is 0 Å². The lowest BCUT2D eigenvalue weighted by atomic mass is 9.98. The molecular weight excluding hydrogens is 504 g/mol. The van der Waals surface area contributed by atoms with Crippen LogP contribution in [-0.2, 0) is 25.7 Å². The van der Waals surface area contributed by atoms with Crippen LogP contribution in [0, 0.1) is 0 Å². The molecule has 0 fully saturated rings. The standard InChI is InChI=1S/C34H46O6/c35-29-21-13-19-25(31(29)37)15-9-5-1-3-7-11-17-27-23-24-28(34(40)33(27)39)18-12-8-4-2-6-10-16-26-20-14-22-30(36)32(26)38/h13-14,19-24,35-40H,1-12,15-18H2. The van der Waals surface area contributed by atoms with Crippen LogP contribution >= 0.6 is 0 Å². The summed E-state index contributed by atoms with van der Waals surface area (Å²) in [5.41, 5.74) is 3.19. The molecule has 3 rings (SSSR count). The van der Waals surface area contributed by atoms with Crippen molar-refractivity contribution >= 4 is 0 Å². The second kappa shape index (κ2) is 16.5. The summed E-state index contributed by atoms with van der Waals surface area (Å²) in [4.78, 5) is 0. The SMILES string of the molecule is Oc1cccc(CCCCCCCCc2ccc(CCCCCCCCc3cccc(O)c3O)c(O)c2O)c1O. The molecule has 0 unspecified atom stereocenters. The zero-order chi connectivity index (χ0) is 28.7. The van der Waals surface area contributed by atoms with E-state index in [4.69, 9.17) is 0 Å². The number of rotatable bonds is 18. The van der Waals surface area contributed by atoms with Gasteiger partial charge in [0.15, 0.2) is 34.5 Å². The zero-order valence-corrected chi connectivity index (χ0v) is 23.6. The van der Waals surface area contributed by atoms with Gasteiger partial charge in [-0.3, -0.25) is 0 Å². The van der Waals surface area contributed by atoms with Crippen molar-refractivity contribution in [2.45, 2.75) is 103 Å².